The Morgan fingerprint density at radius 3 is 2.61 bits per heavy atom. The molecule has 0 saturated heterocycles. The predicted octanol–water partition coefficient (Wildman–Crippen LogP) is 3.13. The van der Waals surface area contributed by atoms with E-state index in [1.807, 2.05) is 0 Å². The second-order valence-electron chi connectivity index (χ2n) is 4.03. The van der Waals surface area contributed by atoms with Gasteiger partial charge >= 0.3 is 6.18 Å². The minimum Gasteiger partial charge on any atom is -0.310 e. The number of nitriles is 1. The second-order valence-corrected chi connectivity index (χ2v) is 4.03. The lowest BCUT2D eigenvalue weighted by atomic mass is 10.1. The van der Waals surface area contributed by atoms with Crippen molar-refractivity contribution in [2.45, 2.75) is 32.1 Å². The lowest BCUT2D eigenvalue weighted by molar-refractivity contribution is -0.139. The molecule has 18 heavy (non-hydrogen) atoms. The Balaban J connectivity index is 2.57. The lowest BCUT2D eigenvalue weighted by Gasteiger charge is -2.15. The quantitative estimate of drug-likeness (QED) is 0.844. The highest BCUT2D eigenvalue weighted by Crippen LogP contribution is 2.21. The van der Waals surface area contributed by atoms with Crippen LogP contribution in [0.2, 0.25) is 0 Å². The molecule has 0 aliphatic rings. The van der Waals surface area contributed by atoms with E-state index in [2.05, 4.69) is 5.32 Å². The fraction of sp³-hybridized carbons (Fsp3) is 0.417. The number of nitrogens with one attached hydrogen (secondary N) is 1. The van der Waals surface area contributed by atoms with Crippen LogP contribution in [0, 0.1) is 17.1 Å². The molecular weight excluding hydrogens is 248 g/mol. The molecular formula is C12H12F4N2. The van der Waals surface area contributed by atoms with E-state index < -0.39 is 24.5 Å². The molecule has 6 heteroatoms. The fourth-order valence-electron chi connectivity index (χ4n) is 1.48. The van der Waals surface area contributed by atoms with E-state index in [0.717, 1.165) is 6.07 Å². The van der Waals surface area contributed by atoms with Crippen LogP contribution in [0.4, 0.5) is 17.6 Å². The number of hydrogen-bond acceptors (Lipinski definition) is 2. The van der Waals surface area contributed by atoms with Crippen LogP contribution < -0.4 is 5.32 Å². The van der Waals surface area contributed by atoms with Gasteiger partial charge in [-0.05, 0) is 24.6 Å². The SMILES string of the molecule is CC(CC(F)(F)F)NCc1ccc(F)c(C#N)c1. The van der Waals surface area contributed by atoms with E-state index >= 15 is 0 Å². The first kappa shape index (κ1) is 14.5. The monoisotopic (exact) mass is 260 g/mol. The summed E-state index contributed by atoms with van der Waals surface area (Å²) in [6, 6.07) is 4.83. The van der Waals surface area contributed by atoms with Gasteiger partial charge in [-0.2, -0.15) is 18.4 Å². The van der Waals surface area contributed by atoms with Gasteiger partial charge in [-0.3, -0.25) is 0 Å². The van der Waals surface area contributed by atoms with E-state index in [9.17, 15) is 17.6 Å². The normalized spacial score (nSPS) is 13.1. The standard InChI is InChI=1S/C12H12F4N2/c1-8(5-12(14,15)16)18-7-9-2-3-11(13)10(4-9)6-17/h2-4,8,18H,5,7H2,1H3. The summed E-state index contributed by atoms with van der Waals surface area (Å²) < 4.78 is 49.2. The minimum absolute atomic E-state index is 0.113. The van der Waals surface area contributed by atoms with Gasteiger partial charge in [0.15, 0.2) is 0 Å². The van der Waals surface area contributed by atoms with E-state index in [-0.39, 0.29) is 12.1 Å². The first-order valence-electron chi connectivity index (χ1n) is 5.30. The van der Waals surface area contributed by atoms with Crippen molar-refractivity contribution in [2.24, 2.45) is 0 Å². The average molecular weight is 260 g/mol. The van der Waals surface area contributed by atoms with E-state index in [1.54, 1.807) is 6.07 Å². The first-order chi connectivity index (χ1) is 8.31. The van der Waals surface area contributed by atoms with Crippen LogP contribution in [0.15, 0.2) is 18.2 Å². The number of nitrogens with zero attached hydrogens (tertiary/aromatic N) is 1. The smallest absolute Gasteiger partial charge is 0.310 e. The molecule has 0 aromatic heterocycles. The van der Waals surface area contributed by atoms with Crippen LogP contribution in [-0.4, -0.2) is 12.2 Å². The molecule has 1 N–H and O–H groups in total. The molecule has 0 saturated carbocycles. The lowest BCUT2D eigenvalue weighted by Crippen LogP contribution is -2.30. The molecule has 1 atom stereocenters. The third-order valence-electron chi connectivity index (χ3n) is 2.34. The summed E-state index contributed by atoms with van der Waals surface area (Å²) in [5, 5.41) is 11.3. The molecule has 0 aliphatic heterocycles. The second kappa shape index (κ2) is 5.83. The Hall–Kier alpha value is -1.61. The Labute approximate surface area is 102 Å². The zero-order valence-electron chi connectivity index (χ0n) is 9.68. The molecule has 0 radical (unpaired) electrons. The molecule has 0 spiro atoms. The van der Waals surface area contributed by atoms with Crippen LogP contribution in [0.25, 0.3) is 0 Å². The Morgan fingerprint density at radius 2 is 2.06 bits per heavy atom. The highest BCUT2D eigenvalue weighted by Gasteiger charge is 2.29. The summed E-state index contributed by atoms with van der Waals surface area (Å²) in [5.74, 6) is -0.635. The highest BCUT2D eigenvalue weighted by atomic mass is 19.4. The molecule has 1 aromatic rings. The summed E-state index contributed by atoms with van der Waals surface area (Å²) in [7, 11) is 0. The topological polar surface area (TPSA) is 35.8 Å². The maximum Gasteiger partial charge on any atom is 0.390 e. The summed E-state index contributed by atoms with van der Waals surface area (Å²) in [4.78, 5) is 0. The summed E-state index contributed by atoms with van der Waals surface area (Å²) in [6.45, 7) is 1.58. The summed E-state index contributed by atoms with van der Waals surface area (Å²) in [5.41, 5.74) is 0.458. The van der Waals surface area contributed by atoms with Crippen molar-refractivity contribution in [2.75, 3.05) is 0 Å². The van der Waals surface area contributed by atoms with Gasteiger partial charge in [0.2, 0.25) is 0 Å². The van der Waals surface area contributed by atoms with Crippen molar-refractivity contribution >= 4 is 0 Å². The first-order valence-corrected chi connectivity index (χ1v) is 5.30. The van der Waals surface area contributed by atoms with Crippen LogP contribution in [0.1, 0.15) is 24.5 Å². The van der Waals surface area contributed by atoms with Crippen molar-refractivity contribution in [1.29, 1.82) is 5.26 Å². The van der Waals surface area contributed by atoms with Crippen molar-refractivity contribution in [3.8, 4) is 6.07 Å². The molecule has 0 fully saturated rings. The van der Waals surface area contributed by atoms with Crippen molar-refractivity contribution < 1.29 is 17.6 Å². The predicted molar refractivity (Wildman–Crippen MR) is 58.1 cm³/mol. The van der Waals surface area contributed by atoms with Gasteiger partial charge in [0.1, 0.15) is 11.9 Å². The van der Waals surface area contributed by atoms with E-state index in [0.29, 0.717) is 5.56 Å². The fourth-order valence-corrected chi connectivity index (χ4v) is 1.48. The maximum atomic E-state index is 13.0. The number of halogens is 4. The molecule has 2 nitrogen and oxygen atoms in total. The molecule has 0 heterocycles. The number of rotatable bonds is 4. The van der Waals surface area contributed by atoms with Crippen LogP contribution in [0.3, 0.4) is 0 Å². The van der Waals surface area contributed by atoms with E-state index in [4.69, 9.17) is 5.26 Å². The third kappa shape index (κ3) is 4.72. The molecule has 0 aliphatic carbocycles. The van der Waals surface area contributed by atoms with Gasteiger partial charge in [-0.25, -0.2) is 4.39 Å². The van der Waals surface area contributed by atoms with Gasteiger partial charge in [0.05, 0.1) is 12.0 Å². The van der Waals surface area contributed by atoms with Crippen LogP contribution in [0.5, 0.6) is 0 Å². The molecule has 0 amide bonds. The molecule has 1 unspecified atom stereocenters. The van der Waals surface area contributed by atoms with Gasteiger partial charge in [0.25, 0.3) is 0 Å². The Kier molecular flexibility index (Phi) is 4.68. The highest BCUT2D eigenvalue weighted by molar-refractivity contribution is 5.34. The third-order valence-corrected chi connectivity index (χ3v) is 2.34. The zero-order chi connectivity index (χ0) is 13.8. The summed E-state index contributed by atoms with van der Waals surface area (Å²) >= 11 is 0. The van der Waals surface area contributed by atoms with Crippen molar-refractivity contribution in [1.82, 2.24) is 5.32 Å². The van der Waals surface area contributed by atoms with E-state index in [1.165, 1.54) is 19.1 Å². The number of alkyl halides is 3. The zero-order valence-corrected chi connectivity index (χ0v) is 9.68. The Morgan fingerprint density at radius 1 is 1.39 bits per heavy atom. The van der Waals surface area contributed by atoms with Gasteiger partial charge in [0, 0.05) is 12.6 Å². The largest absolute Gasteiger partial charge is 0.390 e. The minimum atomic E-state index is -4.22. The molecule has 0 bridgehead atoms. The number of hydrogen-bond donors (Lipinski definition) is 1. The van der Waals surface area contributed by atoms with Crippen LogP contribution >= 0.6 is 0 Å². The van der Waals surface area contributed by atoms with Gasteiger partial charge in [-0.1, -0.05) is 6.07 Å². The molecule has 1 aromatic carbocycles. The van der Waals surface area contributed by atoms with Crippen molar-refractivity contribution in [3.63, 3.8) is 0 Å². The maximum absolute atomic E-state index is 13.0. The Bertz CT molecular complexity index is 448. The molecule has 98 valence electrons. The van der Waals surface area contributed by atoms with Crippen LogP contribution in [-0.2, 0) is 6.54 Å². The van der Waals surface area contributed by atoms with Crippen molar-refractivity contribution in [3.05, 3.63) is 35.1 Å². The van der Waals surface area contributed by atoms with Gasteiger partial charge in [-0.15, -0.1) is 0 Å². The van der Waals surface area contributed by atoms with Gasteiger partial charge < -0.3 is 5.32 Å². The number of benzene rings is 1. The summed E-state index contributed by atoms with van der Waals surface area (Å²) in [6.07, 6.45) is -5.15. The average Bonchev–Trinajstić information content (AvgIpc) is 2.25. The molecule has 1 rings (SSSR count).